The van der Waals surface area contributed by atoms with Crippen LogP contribution in [0.3, 0.4) is 0 Å². The molecule has 0 aliphatic heterocycles. The summed E-state index contributed by atoms with van der Waals surface area (Å²) in [4.78, 5) is 0. The quantitative estimate of drug-likeness (QED) is 0.749. The molecule has 2 nitrogen and oxygen atoms in total. The van der Waals surface area contributed by atoms with Crippen LogP contribution in [0.2, 0.25) is 0 Å². The number of rotatable bonds is 1. The molecule has 0 saturated heterocycles. The molecule has 0 unspecified atom stereocenters. The fourth-order valence-corrected chi connectivity index (χ4v) is 1.43. The van der Waals surface area contributed by atoms with Crippen LogP contribution < -0.4 is 0 Å². The average Bonchev–Trinajstić information content (AvgIpc) is 2.16. The molecule has 0 fully saturated rings. The summed E-state index contributed by atoms with van der Waals surface area (Å²) in [5, 5.41) is 18.5. The zero-order chi connectivity index (χ0) is 10.8. The lowest BCUT2D eigenvalue weighted by atomic mass is 10.1. The molecule has 0 atom stereocenters. The predicted molar refractivity (Wildman–Crippen MR) is 55.2 cm³/mol. The first-order chi connectivity index (χ1) is 7.15. The van der Waals surface area contributed by atoms with Crippen molar-refractivity contribution in [1.29, 1.82) is 0 Å². The van der Waals surface area contributed by atoms with Crippen molar-refractivity contribution in [3.8, 4) is 22.6 Å². The Morgan fingerprint density at radius 1 is 0.800 bits per heavy atom. The number of aromatic hydroxyl groups is 2. The molecule has 0 spiro atoms. The molecular formula is C12H9FO2. The summed E-state index contributed by atoms with van der Waals surface area (Å²) in [7, 11) is 0. The molecule has 0 aliphatic carbocycles. The Bertz CT molecular complexity index is 474. The van der Waals surface area contributed by atoms with Crippen molar-refractivity contribution in [2.45, 2.75) is 0 Å². The van der Waals surface area contributed by atoms with Crippen LogP contribution >= 0.6 is 0 Å². The van der Waals surface area contributed by atoms with E-state index in [1.165, 1.54) is 30.3 Å². The summed E-state index contributed by atoms with van der Waals surface area (Å²) < 4.78 is 12.9. The van der Waals surface area contributed by atoms with Gasteiger partial charge in [0, 0.05) is 6.07 Å². The fraction of sp³-hybridized carbons (Fsp3) is 0. The Labute approximate surface area is 86.2 Å². The molecule has 76 valence electrons. The normalized spacial score (nSPS) is 10.2. The van der Waals surface area contributed by atoms with Crippen LogP contribution in [0.5, 0.6) is 11.5 Å². The third-order valence-electron chi connectivity index (χ3n) is 2.06. The number of phenolic OH excluding ortho intramolecular Hbond substituents is 2. The molecule has 0 aromatic heterocycles. The first kappa shape index (κ1) is 9.52. The van der Waals surface area contributed by atoms with E-state index in [2.05, 4.69) is 0 Å². The van der Waals surface area contributed by atoms with Crippen molar-refractivity contribution in [3.63, 3.8) is 0 Å². The van der Waals surface area contributed by atoms with E-state index in [9.17, 15) is 14.6 Å². The van der Waals surface area contributed by atoms with Gasteiger partial charge in [-0.1, -0.05) is 12.1 Å². The van der Waals surface area contributed by atoms with Crippen LogP contribution in [0.25, 0.3) is 11.1 Å². The highest BCUT2D eigenvalue weighted by Crippen LogP contribution is 2.28. The van der Waals surface area contributed by atoms with E-state index in [0.717, 1.165) is 0 Å². The lowest BCUT2D eigenvalue weighted by Gasteiger charge is -2.03. The first-order valence-corrected chi connectivity index (χ1v) is 4.44. The maximum absolute atomic E-state index is 12.9. The van der Waals surface area contributed by atoms with Gasteiger partial charge < -0.3 is 10.2 Å². The molecule has 2 rings (SSSR count). The molecule has 3 heteroatoms. The molecule has 0 amide bonds. The van der Waals surface area contributed by atoms with E-state index in [0.29, 0.717) is 11.1 Å². The van der Waals surface area contributed by atoms with Crippen LogP contribution in [-0.4, -0.2) is 10.2 Å². The summed E-state index contributed by atoms with van der Waals surface area (Å²) in [6.45, 7) is 0. The molecule has 0 saturated carbocycles. The molecule has 0 bridgehead atoms. The minimum Gasteiger partial charge on any atom is -0.508 e. The second kappa shape index (κ2) is 3.61. The van der Waals surface area contributed by atoms with Gasteiger partial charge in [0.25, 0.3) is 0 Å². The Balaban J connectivity index is 2.54. The fourth-order valence-electron chi connectivity index (χ4n) is 1.43. The SMILES string of the molecule is Oc1cc(O)cc(-c2cccc(F)c2)c1. The summed E-state index contributed by atoms with van der Waals surface area (Å²) in [6.07, 6.45) is 0. The lowest BCUT2D eigenvalue weighted by Crippen LogP contribution is -1.80. The average molecular weight is 204 g/mol. The molecular weight excluding hydrogens is 195 g/mol. The number of hydrogen-bond acceptors (Lipinski definition) is 2. The number of phenols is 2. The van der Waals surface area contributed by atoms with E-state index < -0.39 is 0 Å². The van der Waals surface area contributed by atoms with E-state index in [1.54, 1.807) is 12.1 Å². The zero-order valence-electron chi connectivity index (χ0n) is 7.81. The maximum atomic E-state index is 12.9. The molecule has 0 aliphatic rings. The van der Waals surface area contributed by atoms with Gasteiger partial charge in [0.05, 0.1) is 0 Å². The largest absolute Gasteiger partial charge is 0.508 e. The number of hydrogen-bond donors (Lipinski definition) is 2. The van der Waals surface area contributed by atoms with Gasteiger partial charge >= 0.3 is 0 Å². The third-order valence-corrected chi connectivity index (χ3v) is 2.06. The van der Waals surface area contributed by atoms with Gasteiger partial charge in [-0.3, -0.25) is 0 Å². The third kappa shape index (κ3) is 2.07. The van der Waals surface area contributed by atoms with E-state index in [4.69, 9.17) is 0 Å². The van der Waals surface area contributed by atoms with Crippen LogP contribution in [0.15, 0.2) is 42.5 Å². The van der Waals surface area contributed by atoms with Crippen LogP contribution in [0.4, 0.5) is 4.39 Å². The maximum Gasteiger partial charge on any atom is 0.123 e. The van der Waals surface area contributed by atoms with Gasteiger partial charge in [0.15, 0.2) is 0 Å². The highest BCUT2D eigenvalue weighted by molar-refractivity contribution is 5.66. The Morgan fingerprint density at radius 2 is 1.47 bits per heavy atom. The highest BCUT2D eigenvalue weighted by atomic mass is 19.1. The number of halogens is 1. The van der Waals surface area contributed by atoms with Crippen molar-refractivity contribution in [1.82, 2.24) is 0 Å². The second-order valence-corrected chi connectivity index (χ2v) is 3.25. The van der Waals surface area contributed by atoms with Crippen molar-refractivity contribution >= 4 is 0 Å². The first-order valence-electron chi connectivity index (χ1n) is 4.44. The van der Waals surface area contributed by atoms with Gasteiger partial charge in [-0.05, 0) is 35.4 Å². The smallest absolute Gasteiger partial charge is 0.123 e. The Kier molecular flexibility index (Phi) is 2.29. The van der Waals surface area contributed by atoms with Crippen LogP contribution in [0, 0.1) is 5.82 Å². The topological polar surface area (TPSA) is 40.5 Å². The summed E-state index contributed by atoms with van der Waals surface area (Å²) in [5.41, 5.74) is 1.19. The Morgan fingerprint density at radius 3 is 2.07 bits per heavy atom. The molecule has 0 heterocycles. The Hall–Kier alpha value is -2.03. The molecule has 0 radical (unpaired) electrons. The molecule has 2 N–H and O–H groups in total. The monoisotopic (exact) mass is 204 g/mol. The van der Waals surface area contributed by atoms with Gasteiger partial charge in [0.2, 0.25) is 0 Å². The van der Waals surface area contributed by atoms with Gasteiger partial charge in [-0.25, -0.2) is 4.39 Å². The number of benzene rings is 2. The minimum absolute atomic E-state index is 0.0470. The minimum atomic E-state index is -0.352. The second-order valence-electron chi connectivity index (χ2n) is 3.25. The van der Waals surface area contributed by atoms with Gasteiger partial charge in [-0.15, -0.1) is 0 Å². The van der Waals surface area contributed by atoms with Crippen molar-refractivity contribution < 1.29 is 14.6 Å². The van der Waals surface area contributed by atoms with E-state index in [1.807, 2.05) is 0 Å². The zero-order valence-corrected chi connectivity index (χ0v) is 7.81. The summed E-state index contributed by atoms with van der Waals surface area (Å²) >= 11 is 0. The predicted octanol–water partition coefficient (Wildman–Crippen LogP) is 2.90. The van der Waals surface area contributed by atoms with Crippen molar-refractivity contribution in [3.05, 3.63) is 48.3 Å². The highest BCUT2D eigenvalue weighted by Gasteiger charge is 2.02. The molecule has 2 aromatic rings. The van der Waals surface area contributed by atoms with Crippen LogP contribution in [-0.2, 0) is 0 Å². The van der Waals surface area contributed by atoms with Crippen molar-refractivity contribution in [2.24, 2.45) is 0 Å². The van der Waals surface area contributed by atoms with E-state index in [-0.39, 0.29) is 17.3 Å². The summed E-state index contributed by atoms with van der Waals surface area (Å²) in [5.74, 6) is -0.446. The standard InChI is InChI=1S/C12H9FO2/c13-10-3-1-2-8(4-10)9-5-11(14)7-12(15)6-9/h1-7,14-15H. The molecule has 2 aromatic carbocycles. The lowest BCUT2D eigenvalue weighted by molar-refractivity contribution is 0.451. The van der Waals surface area contributed by atoms with Crippen molar-refractivity contribution in [2.75, 3.05) is 0 Å². The van der Waals surface area contributed by atoms with Gasteiger partial charge in [0.1, 0.15) is 17.3 Å². The van der Waals surface area contributed by atoms with E-state index >= 15 is 0 Å². The molecule has 15 heavy (non-hydrogen) atoms. The van der Waals surface area contributed by atoms with Gasteiger partial charge in [-0.2, -0.15) is 0 Å². The van der Waals surface area contributed by atoms with Crippen LogP contribution in [0.1, 0.15) is 0 Å². The summed E-state index contributed by atoms with van der Waals surface area (Å²) in [6, 6.07) is 10.1.